The first-order chi connectivity index (χ1) is 23.3. The van der Waals surface area contributed by atoms with Gasteiger partial charge in [-0.3, -0.25) is 14.1 Å². The van der Waals surface area contributed by atoms with Crippen LogP contribution in [-0.2, 0) is 28.2 Å². The molecule has 0 amide bonds. The Morgan fingerprint density at radius 2 is 1.04 bits per heavy atom. The molecule has 0 saturated heterocycles. The van der Waals surface area contributed by atoms with Crippen LogP contribution in [0.2, 0.25) is 0 Å². The molecule has 0 bridgehead atoms. The van der Waals surface area contributed by atoms with Crippen molar-refractivity contribution in [3.05, 3.63) is 85.1 Å². The topological polar surface area (TPSA) is 119 Å². The van der Waals surface area contributed by atoms with Crippen LogP contribution in [-0.4, -0.2) is 41.0 Å². The molecule has 1 atom stereocenters. The summed E-state index contributed by atoms with van der Waals surface area (Å²) >= 11 is 0. The monoisotopic (exact) mass is 690 g/mol. The molecular weight excluding hydrogens is 627 g/mol. The molecule has 0 aliphatic heterocycles. The minimum Gasteiger partial charge on any atom is -0.462 e. The number of esters is 2. The second kappa shape index (κ2) is 34.1. The fourth-order valence-corrected chi connectivity index (χ4v) is 4.76. The average molecular weight is 691 g/mol. The van der Waals surface area contributed by atoms with Gasteiger partial charge in [-0.1, -0.05) is 137 Å². The van der Waals surface area contributed by atoms with Gasteiger partial charge in [-0.2, -0.15) is 0 Å². The van der Waals surface area contributed by atoms with Gasteiger partial charge < -0.3 is 19.3 Å². The summed E-state index contributed by atoms with van der Waals surface area (Å²) in [4.78, 5) is 42.7. The van der Waals surface area contributed by atoms with Gasteiger partial charge in [0.2, 0.25) is 0 Å². The van der Waals surface area contributed by atoms with Crippen molar-refractivity contribution in [1.29, 1.82) is 0 Å². The predicted octanol–water partition coefficient (Wildman–Crippen LogP) is 10.5. The highest BCUT2D eigenvalue weighted by Gasteiger charge is 2.22. The third-order valence-corrected chi connectivity index (χ3v) is 7.49. The Morgan fingerprint density at radius 1 is 0.562 bits per heavy atom. The van der Waals surface area contributed by atoms with E-state index in [1.165, 1.54) is 0 Å². The van der Waals surface area contributed by atoms with Crippen molar-refractivity contribution in [2.24, 2.45) is 0 Å². The van der Waals surface area contributed by atoms with Crippen molar-refractivity contribution in [2.75, 3.05) is 13.2 Å². The van der Waals surface area contributed by atoms with Crippen molar-refractivity contribution in [3.8, 4) is 0 Å². The summed E-state index contributed by atoms with van der Waals surface area (Å²) in [5.41, 5.74) is 0. The summed E-state index contributed by atoms with van der Waals surface area (Å²) in [7, 11) is -4.76. The van der Waals surface area contributed by atoms with Gasteiger partial charge in [0.1, 0.15) is 6.61 Å². The normalized spacial score (nSPS) is 13.5. The summed E-state index contributed by atoms with van der Waals surface area (Å²) < 4.78 is 26.2. The molecule has 0 spiro atoms. The van der Waals surface area contributed by atoms with Crippen LogP contribution in [0.15, 0.2) is 85.1 Å². The Balaban J connectivity index is 4.09. The second-order valence-electron chi connectivity index (χ2n) is 11.5. The Hall–Kier alpha value is -2.77. The van der Waals surface area contributed by atoms with E-state index in [2.05, 4.69) is 73.1 Å². The Morgan fingerprint density at radius 3 is 1.65 bits per heavy atom. The molecule has 0 fully saturated rings. The number of phosphoric acid groups is 1. The van der Waals surface area contributed by atoms with Gasteiger partial charge >= 0.3 is 19.8 Å². The van der Waals surface area contributed by atoms with Crippen molar-refractivity contribution in [2.45, 2.75) is 136 Å². The summed E-state index contributed by atoms with van der Waals surface area (Å²) in [5, 5.41) is 0. The van der Waals surface area contributed by atoms with E-state index in [-0.39, 0.29) is 19.4 Å². The lowest BCUT2D eigenvalue weighted by Gasteiger charge is -2.18. The van der Waals surface area contributed by atoms with Crippen LogP contribution in [0.25, 0.3) is 0 Å². The number of phosphoric ester groups is 1. The Kier molecular flexibility index (Phi) is 32.1. The maximum atomic E-state index is 12.3. The van der Waals surface area contributed by atoms with Crippen LogP contribution in [0.3, 0.4) is 0 Å². The van der Waals surface area contributed by atoms with E-state index in [1.54, 1.807) is 0 Å². The summed E-state index contributed by atoms with van der Waals surface area (Å²) in [6.07, 6.45) is 44.4. The first kappa shape index (κ1) is 45.2. The molecule has 0 rings (SSSR count). The molecule has 0 aliphatic rings. The molecule has 0 radical (unpaired) electrons. The molecule has 0 aromatic heterocycles. The van der Waals surface area contributed by atoms with Crippen molar-refractivity contribution < 1.29 is 37.9 Å². The van der Waals surface area contributed by atoms with Crippen molar-refractivity contribution in [1.82, 2.24) is 0 Å². The van der Waals surface area contributed by atoms with Gasteiger partial charge in [-0.25, -0.2) is 4.57 Å². The maximum absolute atomic E-state index is 12.3. The lowest BCUT2D eigenvalue weighted by molar-refractivity contribution is -0.161. The molecule has 8 nitrogen and oxygen atoms in total. The van der Waals surface area contributed by atoms with Crippen LogP contribution < -0.4 is 0 Å². The predicted molar refractivity (Wildman–Crippen MR) is 197 cm³/mol. The molecule has 0 heterocycles. The van der Waals surface area contributed by atoms with Crippen LogP contribution in [0.4, 0.5) is 0 Å². The van der Waals surface area contributed by atoms with Crippen LogP contribution in [0, 0.1) is 0 Å². The second-order valence-corrected chi connectivity index (χ2v) is 12.8. The molecule has 48 heavy (non-hydrogen) atoms. The van der Waals surface area contributed by atoms with Crippen LogP contribution in [0.1, 0.15) is 129 Å². The van der Waals surface area contributed by atoms with Crippen molar-refractivity contribution in [3.63, 3.8) is 0 Å². The first-order valence-corrected chi connectivity index (χ1v) is 19.5. The Labute approximate surface area is 291 Å². The number of ether oxygens (including phenoxy) is 2. The van der Waals surface area contributed by atoms with E-state index in [9.17, 15) is 14.2 Å². The molecule has 272 valence electrons. The first-order valence-electron chi connectivity index (χ1n) is 17.9. The molecule has 0 aromatic carbocycles. The highest BCUT2D eigenvalue weighted by atomic mass is 31.2. The zero-order valence-electron chi connectivity index (χ0n) is 29.6. The van der Waals surface area contributed by atoms with E-state index in [1.807, 2.05) is 30.4 Å². The minimum atomic E-state index is -4.76. The SMILES string of the molecule is CC/C=C/C=C/C=C/C=C/CCCCCCCC(=O)OC[C@H](COP(=O)(O)O)OC(=O)CCCCCCC/C=C/C/C=C/C/C=C/CC. The molecular formula is C39H63O8P. The summed E-state index contributed by atoms with van der Waals surface area (Å²) in [6.45, 7) is 3.37. The van der Waals surface area contributed by atoms with E-state index in [0.29, 0.717) is 12.8 Å². The smallest absolute Gasteiger partial charge is 0.462 e. The number of rotatable bonds is 31. The van der Waals surface area contributed by atoms with Gasteiger partial charge in [-0.05, 0) is 64.2 Å². The minimum absolute atomic E-state index is 0.181. The zero-order valence-corrected chi connectivity index (χ0v) is 30.5. The highest BCUT2D eigenvalue weighted by molar-refractivity contribution is 7.46. The van der Waals surface area contributed by atoms with E-state index in [0.717, 1.165) is 89.9 Å². The Bertz CT molecular complexity index is 1050. The van der Waals surface area contributed by atoms with Gasteiger partial charge in [0.25, 0.3) is 0 Å². The maximum Gasteiger partial charge on any atom is 0.469 e. The number of hydrogen-bond acceptors (Lipinski definition) is 6. The molecule has 0 saturated carbocycles. The van der Waals surface area contributed by atoms with E-state index in [4.69, 9.17) is 19.3 Å². The number of allylic oxidation sites excluding steroid dienone is 14. The molecule has 0 aliphatic carbocycles. The fourth-order valence-electron chi connectivity index (χ4n) is 4.40. The number of carbonyl (C=O) groups is 2. The van der Waals surface area contributed by atoms with Gasteiger partial charge in [0, 0.05) is 12.8 Å². The fraction of sp³-hybridized carbons (Fsp3) is 0.590. The van der Waals surface area contributed by atoms with E-state index < -0.39 is 32.5 Å². The molecule has 2 N–H and O–H groups in total. The molecule has 9 heteroatoms. The lowest BCUT2D eigenvalue weighted by atomic mass is 10.1. The number of carbonyl (C=O) groups excluding carboxylic acids is 2. The van der Waals surface area contributed by atoms with Gasteiger partial charge in [-0.15, -0.1) is 0 Å². The standard InChI is InChI=1S/C39H63O8P/c1-3-5-7-9-11-13-15-17-19-21-23-25-27-29-31-33-38(40)45-35-37(36-46-48(42,43)44)47-39(41)34-32-30-28-26-24-22-20-18-16-14-12-10-8-6-4-2/h5-9,11-15,17-20,37H,3-4,10,16,21-36H2,1-2H3,(H2,42,43,44)/b7-5+,8-6+,11-9+,14-12+,15-13+,19-17+,20-18+/t37-/m1/s1. The summed E-state index contributed by atoms with van der Waals surface area (Å²) in [5.74, 6) is -0.943. The number of hydrogen-bond donors (Lipinski definition) is 2. The zero-order chi connectivity index (χ0) is 35.4. The molecule has 0 aromatic rings. The van der Waals surface area contributed by atoms with Gasteiger partial charge in [0.15, 0.2) is 6.10 Å². The van der Waals surface area contributed by atoms with Crippen molar-refractivity contribution >= 4 is 19.8 Å². The van der Waals surface area contributed by atoms with Gasteiger partial charge in [0.05, 0.1) is 6.61 Å². The number of unbranched alkanes of at least 4 members (excludes halogenated alkanes) is 10. The highest BCUT2D eigenvalue weighted by Crippen LogP contribution is 2.35. The van der Waals surface area contributed by atoms with E-state index >= 15 is 0 Å². The summed E-state index contributed by atoms with van der Waals surface area (Å²) in [6, 6.07) is 0. The lowest BCUT2D eigenvalue weighted by Crippen LogP contribution is -2.29. The van der Waals surface area contributed by atoms with Crippen LogP contribution in [0.5, 0.6) is 0 Å². The third kappa shape index (κ3) is 36.1. The quantitative estimate of drug-likeness (QED) is 0.0242. The third-order valence-electron chi connectivity index (χ3n) is 7.00. The average Bonchev–Trinajstić information content (AvgIpc) is 3.05. The van der Waals surface area contributed by atoms with Crippen LogP contribution >= 0.6 is 7.82 Å². The molecule has 0 unspecified atom stereocenters. The largest absolute Gasteiger partial charge is 0.469 e.